The first-order valence-corrected chi connectivity index (χ1v) is 9.11. The van der Waals surface area contributed by atoms with E-state index in [2.05, 4.69) is 32.9 Å². The highest BCUT2D eigenvalue weighted by Gasteiger charge is 2.06. The summed E-state index contributed by atoms with van der Waals surface area (Å²) in [5, 5.41) is 10.2. The zero-order valence-corrected chi connectivity index (χ0v) is 18.7. The van der Waals surface area contributed by atoms with Gasteiger partial charge in [-0.15, -0.1) is 35.3 Å². The van der Waals surface area contributed by atoms with Crippen molar-refractivity contribution in [1.82, 2.24) is 20.9 Å². The molecule has 26 heavy (non-hydrogen) atoms. The molecular formula is C18H26IN5OS. The van der Waals surface area contributed by atoms with E-state index in [1.54, 1.807) is 24.5 Å². The summed E-state index contributed by atoms with van der Waals surface area (Å²) < 4.78 is 0. The van der Waals surface area contributed by atoms with Crippen molar-refractivity contribution in [3.05, 3.63) is 51.0 Å². The summed E-state index contributed by atoms with van der Waals surface area (Å²) in [5.74, 6) is 0.642. The molecule has 0 spiro atoms. The number of benzene rings is 1. The Hall–Kier alpha value is -1.68. The van der Waals surface area contributed by atoms with E-state index < -0.39 is 0 Å². The van der Waals surface area contributed by atoms with E-state index >= 15 is 0 Å². The topological polar surface area (TPSA) is 78.4 Å². The standard InChI is InChI=1S/C18H25N5OS.HI/c1-5-20-18(22-11-16-23-12(2)13(3)25-16)21-10-14-7-6-8-15(9-14)17(24)19-4;/h6-9H,5,10-11H2,1-4H3,(H,19,24)(H2,20,21,22);1H. The second-order valence-electron chi connectivity index (χ2n) is 5.58. The third-order valence-corrected chi connectivity index (χ3v) is 4.73. The third-order valence-electron chi connectivity index (χ3n) is 3.66. The number of halogens is 1. The molecule has 142 valence electrons. The van der Waals surface area contributed by atoms with Crippen LogP contribution in [0.1, 0.15) is 38.4 Å². The Balaban J connectivity index is 0.00000338. The van der Waals surface area contributed by atoms with E-state index in [0.717, 1.165) is 28.8 Å². The maximum atomic E-state index is 11.7. The predicted molar refractivity (Wildman–Crippen MR) is 118 cm³/mol. The smallest absolute Gasteiger partial charge is 0.251 e. The molecular weight excluding hydrogens is 461 g/mol. The predicted octanol–water partition coefficient (Wildman–Crippen LogP) is 2.99. The number of nitrogens with zero attached hydrogens (tertiary/aromatic N) is 2. The first-order chi connectivity index (χ1) is 12.0. The van der Waals surface area contributed by atoms with Crippen molar-refractivity contribution >= 4 is 47.2 Å². The monoisotopic (exact) mass is 487 g/mol. The van der Waals surface area contributed by atoms with E-state index in [1.807, 2.05) is 32.0 Å². The van der Waals surface area contributed by atoms with Gasteiger partial charge >= 0.3 is 0 Å². The molecule has 1 aromatic heterocycles. The second kappa shape index (κ2) is 11.1. The van der Waals surface area contributed by atoms with Gasteiger partial charge < -0.3 is 16.0 Å². The van der Waals surface area contributed by atoms with Crippen LogP contribution in [0.5, 0.6) is 0 Å². The summed E-state index contributed by atoms with van der Waals surface area (Å²) >= 11 is 1.70. The summed E-state index contributed by atoms with van der Waals surface area (Å²) in [6.07, 6.45) is 0. The summed E-state index contributed by atoms with van der Waals surface area (Å²) in [6.45, 7) is 8.05. The average Bonchev–Trinajstić information content (AvgIpc) is 2.94. The number of thiazole rings is 1. The summed E-state index contributed by atoms with van der Waals surface area (Å²) in [7, 11) is 1.63. The summed E-state index contributed by atoms with van der Waals surface area (Å²) in [6, 6.07) is 7.49. The van der Waals surface area contributed by atoms with E-state index in [9.17, 15) is 4.79 Å². The summed E-state index contributed by atoms with van der Waals surface area (Å²) in [5.41, 5.74) is 2.70. The number of aromatic nitrogens is 1. The zero-order valence-electron chi connectivity index (χ0n) is 15.5. The zero-order chi connectivity index (χ0) is 18.2. The Morgan fingerprint density at radius 2 is 2.04 bits per heavy atom. The van der Waals surface area contributed by atoms with Gasteiger partial charge in [-0.05, 0) is 38.5 Å². The molecule has 0 bridgehead atoms. The normalized spacial score (nSPS) is 10.8. The fourth-order valence-electron chi connectivity index (χ4n) is 2.24. The SMILES string of the molecule is CCNC(=NCc1cccc(C(=O)NC)c1)NCc1nc(C)c(C)s1.I. The van der Waals surface area contributed by atoms with Crippen molar-refractivity contribution < 1.29 is 4.79 Å². The quantitative estimate of drug-likeness (QED) is 0.333. The molecule has 0 aliphatic carbocycles. The van der Waals surface area contributed by atoms with Gasteiger partial charge in [-0.2, -0.15) is 0 Å². The number of carbonyl (C=O) groups excluding carboxylic acids is 1. The van der Waals surface area contributed by atoms with Crippen molar-refractivity contribution in [1.29, 1.82) is 0 Å². The lowest BCUT2D eigenvalue weighted by Crippen LogP contribution is -2.36. The van der Waals surface area contributed by atoms with Crippen molar-refractivity contribution in [3.63, 3.8) is 0 Å². The first kappa shape index (κ1) is 22.4. The first-order valence-electron chi connectivity index (χ1n) is 8.29. The lowest BCUT2D eigenvalue weighted by molar-refractivity contribution is 0.0963. The molecule has 1 amide bonds. The van der Waals surface area contributed by atoms with E-state index in [4.69, 9.17) is 0 Å². The Kier molecular flexibility index (Phi) is 9.57. The van der Waals surface area contributed by atoms with Crippen molar-refractivity contribution in [2.45, 2.75) is 33.9 Å². The Morgan fingerprint density at radius 3 is 2.65 bits per heavy atom. The number of carbonyl (C=O) groups is 1. The van der Waals surface area contributed by atoms with Crippen LogP contribution in [-0.4, -0.2) is 30.4 Å². The lowest BCUT2D eigenvalue weighted by atomic mass is 10.1. The average molecular weight is 487 g/mol. The molecule has 0 aliphatic rings. The highest BCUT2D eigenvalue weighted by molar-refractivity contribution is 14.0. The molecule has 2 rings (SSSR count). The number of rotatable bonds is 6. The fourth-order valence-corrected chi connectivity index (χ4v) is 3.12. The van der Waals surface area contributed by atoms with Gasteiger partial charge in [-0.25, -0.2) is 9.98 Å². The van der Waals surface area contributed by atoms with E-state index in [0.29, 0.717) is 18.7 Å². The van der Waals surface area contributed by atoms with Crippen LogP contribution in [0.3, 0.4) is 0 Å². The van der Waals surface area contributed by atoms with Crippen molar-refractivity contribution in [2.24, 2.45) is 4.99 Å². The third kappa shape index (κ3) is 6.56. The van der Waals surface area contributed by atoms with Crippen LogP contribution in [0, 0.1) is 13.8 Å². The number of hydrogen-bond acceptors (Lipinski definition) is 4. The number of amides is 1. The van der Waals surface area contributed by atoms with Crippen LogP contribution in [0.25, 0.3) is 0 Å². The molecule has 8 heteroatoms. The van der Waals surface area contributed by atoms with Crippen LogP contribution in [0.4, 0.5) is 0 Å². The molecule has 0 saturated heterocycles. The number of hydrogen-bond donors (Lipinski definition) is 3. The lowest BCUT2D eigenvalue weighted by Gasteiger charge is -2.10. The van der Waals surface area contributed by atoms with Crippen LogP contribution in [0.2, 0.25) is 0 Å². The molecule has 6 nitrogen and oxygen atoms in total. The number of nitrogens with one attached hydrogen (secondary N) is 3. The molecule has 0 aliphatic heterocycles. The minimum absolute atomic E-state index is 0. The van der Waals surface area contributed by atoms with E-state index in [-0.39, 0.29) is 29.9 Å². The maximum Gasteiger partial charge on any atom is 0.251 e. The van der Waals surface area contributed by atoms with Gasteiger partial charge in [0.1, 0.15) is 5.01 Å². The van der Waals surface area contributed by atoms with E-state index in [1.165, 1.54) is 4.88 Å². The van der Waals surface area contributed by atoms with Gasteiger partial charge in [-0.3, -0.25) is 4.79 Å². The molecule has 3 N–H and O–H groups in total. The number of aryl methyl sites for hydroxylation is 2. The van der Waals surface area contributed by atoms with Gasteiger partial charge in [0, 0.05) is 24.0 Å². The molecule has 0 atom stereocenters. The highest BCUT2D eigenvalue weighted by atomic mass is 127. The molecule has 2 aromatic rings. The Bertz CT molecular complexity index is 740. The minimum atomic E-state index is -0.0922. The molecule has 0 fully saturated rings. The van der Waals surface area contributed by atoms with Gasteiger partial charge in [-0.1, -0.05) is 12.1 Å². The minimum Gasteiger partial charge on any atom is -0.357 e. The van der Waals surface area contributed by atoms with Crippen LogP contribution >= 0.6 is 35.3 Å². The van der Waals surface area contributed by atoms with Crippen LogP contribution in [0.15, 0.2) is 29.3 Å². The van der Waals surface area contributed by atoms with Gasteiger partial charge in [0.15, 0.2) is 5.96 Å². The largest absolute Gasteiger partial charge is 0.357 e. The molecule has 1 heterocycles. The van der Waals surface area contributed by atoms with Crippen LogP contribution in [-0.2, 0) is 13.1 Å². The molecule has 0 radical (unpaired) electrons. The Labute approximate surface area is 175 Å². The fraction of sp³-hybridized carbons (Fsp3) is 0.389. The highest BCUT2D eigenvalue weighted by Crippen LogP contribution is 2.15. The molecule has 0 unspecified atom stereocenters. The summed E-state index contributed by atoms with van der Waals surface area (Å²) in [4.78, 5) is 22.1. The number of guanidine groups is 1. The van der Waals surface area contributed by atoms with Gasteiger partial charge in [0.05, 0.1) is 18.8 Å². The maximum absolute atomic E-state index is 11.7. The number of aliphatic imine (C=N–C) groups is 1. The van der Waals surface area contributed by atoms with Gasteiger partial charge in [0.2, 0.25) is 0 Å². The van der Waals surface area contributed by atoms with Crippen LogP contribution < -0.4 is 16.0 Å². The van der Waals surface area contributed by atoms with Crippen molar-refractivity contribution in [2.75, 3.05) is 13.6 Å². The van der Waals surface area contributed by atoms with Gasteiger partial charge in [0.25, 0.3) is 5.91 Å². The Morgan fingerprint density at radius 1 is 1.27 bits per heavy atom. The molecule has 1 aromatic carbocycles. The van der Waals surface area contributed by atoms with Crippen molar-refractivity contribution in [3.8, 4) is 0 Å². The second-order valence-corrected chi connectivity index (χ2v) is 6.87. The molecule has 0 saturated carbocycles.